The number of benzene rings is 1. The molecule has 0 bridgehead atoms. The molecule has 1 aromatic carbocycles. The fraction of sp³-hybridized carbons (Fsp3) is 0.357. The number of carbonyl (C=O) groups is 1. The van der Waals surface area contributed by atoms with Crippen molar-refractivity contribution in [2.24, 2.45) is 10.3 Å². The fourth-order valence-corrected chi connectivity index (χ4v) is 2.83. The van der Waals surface area contributed by atoms with Gasteiger partial charge in [-0.25, -0.2) is 5.01 Å². The van der Waals surface area contributed by atoms with Gasteiger partial charge in [-0.3, -0.25) is 4.79 Å². The van der Waals surface area contributed by atoms with Crippen molar-refractivity contribution in [1.29, 1.82) is 0 Å². The minimum absolute atomic E-state index is 0.247. The van der Waals surface area contributed by atoms with E-state index in [-0.39, 0.29) is 11.4 Å². The molecule has 0 aliphatic carbocycles. The summed E-state index contributed by atoms with van der Waals surface area (Å²) in [6, 6.07) is 4.42. The predicted octanol–water partition coefficient (Wildman–Crippen LogP) is 3.04. The largest absolute Gasteiger partial charge is 0.416 e. The van der Waals surface area contributed by atoms with Crippen LogP contribution in [0.4, 0.5) is 13.2 Å². The van der Waals surface area contributed by atoms with Crippen LogP contribution in [-0.4, -0.2) is 40.8 Å². The molecule has 1 aromatic rings. The van der Waals surface area contributed by atoms with Crippen molar-refractivity contribution in [1.82, 2.24) is 5.01 Å². The summed E-state index contributed by atoms with van der Waals surface area (Å²) in [5, 5.41) is 8.99. The molecule has 1 aliphatic rings. The zero-order chi connectivity index (χ0) is 17.4. The van der Waals surface area contributed by atoms with Gasteiger partial charge in [-0.2, -0.15) is 18.3 Å². The quantitative estimate of drug-likeness (QED) is 0.451. The van der Waals surface area contributed by atoms with Gasteiger partial charge in [0.25, 0.3) is 5.91 Å². The highest BCUT2D eigenvalue weighted by Gasteiger charge is 2.51. The standard InChI is InChI=1S/C14H13BrF3N3O2/c1-8(20-23-3)13(15)11(19-21(2)12(13)22)9-4-6-10(7-5-9)14(16,17)18/h4-7H,1-3H3. The van der Waals surface area contributed by atoms with Crippen LogP contribution in [0, 0.1) is 0 Å². The second-order valence-corrected chi connectivity index (χ2v) is 6.06. The van der Waals surface area contributed by atoms with Gasteiger partial charge in [-0.15, -0.1) is 0 Å². The van der Waals surface area contributed by atoms with Crippen molar-refractivity contribution in [3.05, 3.63) is 35.4 Å². The monoisotopic (exact) mass is 391 g/mol. The number of carbonyl (C=O) groups excluding carboxylic acids is 1. The molecule has 0 N–H and O–H groups in total. The van der Waals surface area contributed by atoms with E-state index in [2.05, 4.69) is 26.2 Å². The fourth-order valence-electron chi connectivity index (χ4n) is 2.19. The maximum Gasteiger partial charge on any atom is 0.416 e. The van der Waals surface area contributed by atoms with Crippen LogP contribution in [0.15, 0.2) is 34.5 Å². The van der Waals surface area contributed by atoms with E-state index < -0.39 is 22.0 Å². The summed E-state index contributed by atoms with van der Waals surface area (Å²) >= 11 is 3.32. The number of nitrogens with zero attached hydrogens (tertiary/aromatic N) is 3. The van der Waals surface area contributed by atoms with Gasteiger partial charge in [0.2, 0.25) is 0 Å². The minimum Gasteiger partial charge on any atom is -0.399 e. The summed E-state index contributed by atoms with van der Waals surface area (Å²) in [5.74, 6) is -0.411. The molecule has 0 radical (unpaired) electrons. The van der Waals surface area contributed by atoms with Crippen LogP contribution in [0.2, 0.25) is 0 Å². The first-order valence-corrected chi connectivity index (χ1v) is 7.23. The molecular formula is C14H13BrF3N3O2. The topological polar surface area (TPSA) is 54.3 Å². The molecule has 5 nitrogen and oxygen atoms in total. The van der Waals surface area contributed by atoms with E-state index in [4.69, 9.17) is 4.84 Å². The first-order chi connectivity index (χ1) is 10.6. The normalized spacial score (nSPS) is 22.4. The Labute approximate surface area is 138 Å². The lowest BCUT2D eigenvalue weighted by Gasteiger charge is -2.21. The van der Waals surface area contributed by atoms with Crippen LogP contribution in [0.3, 0.4) is 0 Å². The summed E-state index contributed by atoms with van der Waals surface area (Å²) in [5.41, 5.74) is 0.130. The van der Waals surface area contributed by atoms with Crippen LogP contribution in [0.25, 0.3) is 0 Å². The number of oxime groups is 1. The number of hydrogen-bond donors (Lipinski definition) is 0. The summed E-state index contributed by atoms with van der Waals surface area (Å²) in [4.78, 5) is 17.1. The van der Waals surface area contributed by atoms with Gasteiger partial charge in [0.05, 0.1) is 11.3 Å². The third-order valence-corrected chi connectivity index (χ3v) is 4.67. The number of amides is 1. The molecule has 124 valence electrons. The smallest absolute Gasteiger partial charge is 0.399 e. The average molecular weight is 392 g/mol. The van der Waals surface area contributed by atoms with Crippen molar-refractivity contribution < 1.29 is 22.8 Å². The molecule has 1 aliphatic heterocycles. The molecule has 1 unspecified atom stereocenters. The SMILES string of the molecule is CON=C(C)C1(Br)C(=O)N(C)N=C1c1ccc(C(F)(F)F)cc1. The summed E-state index contributed by atoms with van der Waals surface area (Å²) < 4.78 is 36.6. The molecule has 0 aromatic heterocycles. The maximum atomic E-state index is 12.7. The van der Waals surface area contributed by atoms with E-state index in [1.165, 1.54) is 26.3 Å². The van der Waals surface area contributed by atoms with Gasteiger partial charge in [0.1, 0.15) is 12.8 Å². The van der Waals surface area contributed by atoms with Gasteiger partial charge >= 0.3 is 6.18 Å². The Morgan fingerprint density at radius 1 is 1.35 bits per heavy atom. The van der Waals surface area contributed by atoms with Gasteiger partial charge in [-0.1, -0.05) is 33.2 Å². The highest BCUT2D eigenvalue weighted by atomic mass is 79.9. The van der Waals surface area contributed by atoms with Gasteiger partial charge in [-0.05, 0) is 19.1 Å². The van der Waals surface area contributed by atoms with Crippen LogP contribution < -0.4 is 0 Å². The van der Waals surface area contributed by atoms with E-state index in [0.717, 1.165) is 17.1 Å². The first-order valence-electron chi connectivity index (χ1n) is 6.44. The Kier molecular flexibility index (Phi) is 4.52. The number of rotatable bonds is 3. The van der Waals surface area contributed by atoms with Crippen molar-refractivity contribution >= 4 is 33.3 Å². The van der Waals surface area contributed by atoms with Crippen LogP contribution in [0.1, 0.15) is 18.1 Å². The molecule has 23 heavy (non-hydrogen) atoms. The second-order valence-electron chi connectivity index (χ2n) is 4.87. The van der Waals surface area contributed by atoms with Crippen molar-refractivity contribution in [2.75, 3.05) is 14.2 Å². The lowest BCUT2D eigenvalue weighted by Crippen LogP contribution is -2.46. The molecule has 1 atom stereocenters. The average Bonchev–Trinajstić information content (AvgIpc) is 2.72. The summed E-state index contributed by atoms with van der Waals surface area (Å²) in [7, 11) is 2.79. The molecule has 0 saturated heterocycles. The summed E-state index contributed by atoms with van der Waals surface area (Å²) in [6.45, 7) is 1.56. The number of hydrazone groups is 1. The molecule has 0 fully saturated rings. The zero-order valence-electron chi connectivity index (χ0n) is 12.5. The Morgan fingerprint density at radius 3 is 2.39 bits per heavy atom. The van der Waals surface area contributed by atoms with Crippen molar-refractivity contribution in [3.8, 4) is 0 Å². The highest BCUT2D eigenvalue weighted by Crippen LogP contribution is 2.35. The van der Waals surface area contributed by atoms with E-state index in [9.17, 15) is 18.0 Å². The molecule has 1 amide bonds. The van der Waals surface area contributed by atoms with Crippen LogP contribution in [-0.2, 0) is 15.8 Å². The molecular weight excluding hydrogens is 379 g/mol. The molecule has 0 saturated carbocycles. The molecule has 0 spiro atoms. The third kappa shape index (κ3) is 2.97. The van der Waals surface area contributed by atoms with E-state index in [1.807, 2.05) is 0 Å². The highest BCUT2D eigenvalue weighted by molar-refractivity contribution is 9.11. The zero-order valence-corrected chi connectivity index (χ0v) is 14.1. The lowest BCUT2D eigenvalue weighted by molar-refractivity contribution is -0.137. The number of alkyl halides is 4. The van der Waals surface area contributed by atoms with Gasteiger partial charge in [0.15, 0.2) is 4.32 Å². The second kappa shape index (κ2) is 5.95. The number of hydrogen-bond acceptors (Lipinski definition) is 4. The molecule has 9 heteroatoms. The van der Waals surface area contributed by atoms with E-state index in [1.54, 1.807) is 6.92 Å². The minimum atomic E-state index is -4.43. The number of halogens is 4. The van der Waals surface area contributed by atoms with Gasteiger partial charge < -0.3 is 4.84 Å². The summed E-state index contributed by atoms with van der Waals surface area (Å²) in [6.07, 6.45) is -4.43. The molecule has 2 rings (SSSR count). The Balaban J connectivity index is 2.50. The van der Waals surface area contributed by atoms with E-state index >= 15 is 0 Å². The van der Waals surface area contributed by atoms with Crippen LogP contribution >= 0.6 is 15.9 Å². The van der Waals surface area contributed by atoms with E-state index in [0.29, 0.717) is 5.56 Å². The van der Waals surface area contributed by atoms with Crippen molar-refractivity contribution in [2.45, 2.75) is 17.4 Å². The third-order valence-electron chi connectivity index (χ3n) is 3.38. The Bertz CT molecular complexity index is 686. The first kappa shape index (κ1) is 17.5. The lowest BCUT2D eigenvalue weighted by atomic mass is 9.92. The van der Waals surface area contributed by atoms with Crippen LogP contribution in [0.5, 0.6) is 0 Å². The Morgan fingerprint density at radius 2 is 1.91 bits per heavy atom. The Hall–Kier alpha value is -1.90. The van der Waals surface area contributed by atoms with Crippen molar-refractivity contribution in [3.63, 3.8) is 0 Å². The maximum absolute atomic E-state index is 12.7. The van der Waals surface area contributed by atoms with Gasteiger partial charge in [0, 0.05) is 12.6 Å². The molecule has 1 heterocycles. The predicted molar refractivity (Wildman–Crippen MR) is 82.5 cm³/mol.